The van der Waals surface area contributed by atoms with Crippen molar-refractivity contribution >= 4 is 7.80 Å². The maximum absolute atomic E-state index is 11.5. The molecule has 0 saturated heterocycles. The minimum absolute atomic E-state index is 0.0667. The molecule has 0 aliphatic carbocycles. The number of aliphatic hydroxyl groups is 1. The van der Waals surface area contributed by atoms with Crippen LogP contribution in [0.3, 0.4) is 0 Å². The molecule has 0 amide bonds. The Bertz CT molecular complexity index is 576. The standard InChI is InChI=1S/C17H21O2P/c1-2-20(19)11-10-14-6-8-16(9-7-14)17-5-3-4-15(12-17)13-18/h3-9,12,18,20H,2,10-11,13H2,1H3. The van der Waals surface area contributed by atoms with E-state index < -0.39 is 7.80 Å². The quantitative estimate of drug-likeness (QED) is 0.817. The number of aryl methyl sites for hydroxylation is 1. The third kappa shape index (κ3) is 4.06. The first-order valence-corrected chi connectivity index (χ1v) is 8.86. The monoisotopic (exact) mass is 288 g/mol. The van der Waals surface area contributed by atoms with Crippen molar-refractivity contribution < 1.29 is 9.67 Å². The van der Waals surface area contributed by atoms with Gasteiger partial charge in [-0.3, -0.25) is 0 Å². The van der Waals surface area contributed by atoms with Gasteiger partial charge in [-0.05, 0) is 40.9 Å². The number of hydrogen-bond donors (Lipinski definition) is 1. The zero-order chi connectivity index (χ0) is 14.4. The van der Waals surface area contributed by atoms with Crippen LogP contribution >= 0.6 is 7.80 Å². The maximum Gasteiger partial charge on any atom is 0.0762 e. The molecule has 2 rings (SSSR count). The lowest BCUT2D eigenvalue weighted by atomic mass is 10.0. The van der Waals surface area contributed by atoms with Gasteiger partial charge in [-0.15, -0.1) is 0 Å². The van der Waals surface area contributed by atoms with Crippen molar-refractivity contribution in [3.8, 4) is 11.1 Å². The van der Waals surface area contributed by atoms with Crippen LogP contribution in [0, 0.1) is 0 Å². The third-order valence-electron chi connectivity index (χ3n) is 3.48. The molecule has 0 bridgehead atoms. The Morgan fingerprint density at radius 1 is 1.00 bits per heavy atom. The lowest BCUT2D eigenvalue weighted by molar-refractivity contribution is 0.282. The molecule has 0 heterocycles. The molecule has 0 aliphatic rings. The van der Waals surface area contributed by atoms with E-state index in [0.29, 0.717) is 0 Å². The molecule has 0 aliphatic heterocycles. The fourth-order valence-corrected chi connectivity index (χ4v) is 3.09. The molecule has 106 valence electrons. The largest absolute Gasteiger partial charge is 0.392 e. The van der Waals surface area contributed by atoms with Crippen molar-refractivity contribution in [3.63, 3.8) is 0 Å². The van der Waals surface area contributed by atoms with Gasteiger partial charge in [0.25, 0.3) is 0 Å². The number of hydrogen-bond acceptors (Lipinski definition) is 2. The van der Waals surface area contributed by atoms with E-state index in [0.717, 1.165) is 35.4 Å². The van der Waals surface area contributed by atoms with Crippen molar-refractivity contribution in [3.05, 3.63) is 59.7 Å². The van der Waals surface area contributed by atoms with E-state index in [4.69, 9.17) is 0 Å². The van der Waals surface area contributed by atoms with Gasteiger partial charge in [-0.25, -0.2) is 0 Å². The second kappa shape index (κ2) is 7.42. The molecular weight excluding hydrogens is 267 g/mol. The van der Waals surface area contributed by atoms with Crippen molar-refractivity contribution in [2.45, 2.75) is 20.0 Å². The van der Waals surface area contributed by atoms with Crippen LogP contribution in [0.5, 0.6) is 0 Å². The van der Waals surface area contributed by atoms with Crippen LogP contribution in [0.1, 0.15) is 18.1 Å². The summed E-state index contributed by atoms with van der Waals surface area (Å²) in [5, 5.41) is 9.17. The second-order valence-electron chi connectivity index (χ2n) is 4.95. The number of benzene rings is 2. The van der Waals surface area contributed by atoms with E-state index >= 15 is 0 Å². The van der Waals surface area contributed by atoms with E-state index in [-0.39, 0.29) is 6.61 Å². The normalized spacial score (nSPS) is 12.3. The van der Waals surface area contributed by atoms with Crippen LogP contribution in [-0.2, 0) is 17.6 Å². The molecule has 2 aromatic rings. The van der Waals surface area contributed by atoms with Gasteiger partial charge in [0.15, 0.2) is 0 Å². The summed E-state index contributed by atoms with van der Waals surface area (Å²) in [6.45, 7) is 2.05. The molecule has 0 fully saturated rings. The molecule has 1 unspecified atom stereocenters. The topological polar surface area (TPSA) is 37.3 Å². The first kappa shape index (κ1) is 15.0. The second-order valence-corrected chi connectivity index (χ2v) is 7.23. The highest BCUT2D eigenvalue weighted by Crippen LogP contribution is 2.24. The van der Waals surface area contributed by atoms with Gasteiger partial charge in [0.1, 0.15) is 0 Å². The zero-order valence-electron chi connectivity index (χ0n) is 11.8. The first-order valence-electron chi connectivity index (χ1n) is 7.03. The first-order chi connectivity index (χ1) is 9.72. The Morgan fingerprint density at radius 3 is 2.40 bits per heavy atom. The van der Waals surface area contributed by atoms with E-state index in [1.807, 2.05) is 31.2 Å². The van der Waals surface area contributed by atoms with Gasteiger partial charge in [-0.1, -0.05) is 49.4 Å². The van der Waals surface area contributed by atoms with Crippen LogP contribution < -0.4 is 0 Å². The lowest BCUT2D eigenvalue weighted by Crippen LogP contribution is -1.90. The third-order valence-corrected chi connectivity index (χ3v) is 5.08. The fraction of sp³-hybridized carbons (Fsp3) is 0.294. The molecule has 0 spiro atoms. The highest BCUT2D eigenvalue weighted by molar-refractivity contribution is 7.44. The molecule has 0 saturated carbocycles. The van der Waals surface area contributed by atoms with E-state index in [9.17, 15) is 9.67 Å². The Balaban J connectivity index is 2.09. The summed E-state index contributed by atoms with van der Waals surface area (Å²) in [5.74, 6) is 0. The summed E-state index contributed by atoms with van der Waals surface area (Å²) in [6, 6.07) is 16.3. The Hall–Kier alpha value is -1.37. The minimum atomic E-state index is -1.37. The average Bonchev–Trinajstić information content (AvgIpc) is 2.53. The van der Waals surface area contributed by atoms with E-state index in [1.165, 1.54) is 5.56 Å². The summed E-state index contributed by atoms with van der Waals surface area (Å²) >= 11 is 0. The van der Waals surface area contributed by atoms with Crippen LogP contribution in [0.4, 0.5) is 0 Å². The zero-order valence-corrected chi connectivity index (χ0v) is 12.8. The van der Waals surface area contributed by atoms with Crippen LogP contribution in [0.2, 0.25) is 0 Å². The van der Waals surface area contributed by atoms with Gasteiger partial charge < -0.3 is 9.67 Å². The predicted molar refractivity (Wildman–Crippen MR) is 85.9 cm³/mol. The van der Waals surface area contributed by atoms with Gasteiger partial charge in [0, 0.05) is 6.16 Å². The molecule has 3 heteroatoms. The molecule has 1 N–H and O–H groups in total. The summed E-state index contributed by atoms with van der Waals surface area (Å²) in [7, 11) is -1.37. The molecule has 20 heavy (non-hydrogen) atoms. The highest BCUT2D eigenvalue weighted by atomic mass is 31.1. The van der Waals surface area contributed by atoms with Crippen LogP contribution in [0.25, 0.3) is 11.1 Å². The smallest absolute Gasteiger partial charge is 0.0762 e. The maximum atomic E-state index is 11.5. The number of rotatable bonds is 6. The average molecular weight is 288 g/mol. The van der Waals surface area contributed by atoms with E-state index in [1.54, 1.807) is 0 Å². The molecule has 0 aromatic heterocycles. The Morgan fingerprint density at radius 2 is 1.75 bits per heavy atom. The van der Waals surface area contributed by atoms with E-state index in [2.05, 4.69) is 24.3 Å². The summed E-state index contributed by atoms with van der Waals surface area (Å²) in [5.41, 5.74) is 4.42. The minimum Gasteiger partial charge on any atom is -0.392 e. The molecule has 0 radical (unpaired) electrons. The van der Waals surface area contributed by atoms with Crippen molar-refractivity contribution in [2.75, 3.05) is 12.3 Å². The van der Waals surface area contributed by atoms with Crippen LogP contribution in [-0.4, -0.2) is 17.4 Å². The van der Waals surface area contributed by atoms with Gasteiger partial charge in [-0.2, -0.15) is 0 Å². The van der Waals surface area contributed by atoms with Crippen LogP contribution in [0.15, 0.2) is 48.5 Å². The van der Waals surface area contributed by atoms with Crippen molar-refractivity contribution in [1.29, 1.82) is 0 Å². The predicted octanol–water partition coefficient (Wildman–Crippen LogP) is 3.97. The van der Waals surface area contributed by atoms with Crippen molar-refractivity contribution in [2.24, 2.45) is 0 Å². The van der Waals surface area contributed by atoms with Gasteiger partial charge in [0.2, 0.25) is 0 Å². The molecule has 2 aromatic carbocycles. The Kier molecular flexibility index (Phi) is 5.58. The van der Waals surface area contributed by atoms with Gasteiger partial charge in [0.05, 0.1) is 14.4 Å². The summed E-state index contributed by atoms with van der Waals surface area (Å²) in [4.78, 5) is 0. The van der Waals surface area contributed by atoms with Gasteiger partial charge >= 0.3 is 0 Å². The summed E-state index contributed by atoms with van der Waals surface area (Å²) in [6.07, 6.45) is 2.50. The Labute approximate surface area is 121 Å². The summed E-state index contributed by atoms with van der Waals surface area (Å²) < 4.78 is 11.5. The highest BCUT2D eigenvalue weighted by Gasteiger charge is 2.01. The molecule has 2 nitrogen and oxygen atoms in total. The SMILES string of the molecule is CC[PH](=O)CCc1ccc(-c2cccc(CO)c2)cc1. The lowest BCUT2D eigenvalue weighted by Gasteiger charge is -2.06. The number of aliphatic hydroxyl groups excluding tert-OH is 1. The molecule has 1 atom stereocenters. The fourth-order valence-electron chi connectivity index (χ4n) is 2.17. The van der Waals surface area contributed by atoms with Crippen molar-refractivity contribution in [1.82, 2.24) is 0 Å². The molecular formula is C17H21O2P.